The van der Waals surface area contributed by atoms with Crippen LogP contribution in [0.4, 0.5) is 0 Å². The van der Waals surface area contributed by atoms with Crippen molar-refractivity contribution in [2.75, 3.05) is 20.5 Å². The molecule has 1 aromatic heterocycles. The molecule has 0 amide bonds. The van der Waals surface area contributed by atoms with Crippen LogP contribution in [0.3, 0.4) is 0 Å². The van der Waals surface area contributed by atoms with Gasteiger partial charge in [0.1, 0.15) is 0 Å². The maximum Gasteiger partial charge on any atom is 0.237 e. The molecule has 0 aliphatic carbocycles. The van der Waals surface area contributed by atoms with Gasteiger partial charge < -0.3 is 9.47 Å². The fraction of sp³-hybridized carbons (Fsp3) is 0.250. The molecule has 0 saturated carbocycles. The molecule has 0 radical (unpaired) electrons. The Balaban J connectivity index is 2.66. The van der Waals surface area contributed by atoms with Gasteiger partial charge >= 0.3 is 0 Å². The Morgan fingerprint density at radius 3 is 2.50 bits per heavy atom. The zero-order valence-electron chi connectivity index (χ0n) is 11.1. The van der Waals surface area contributed by atoms with E-state index in [1.54, 1.807) is 12.1 Å². The zero-order valence-corrected chi connectivity index (χ0v) is 13.5. The molecule has 20 heavy (non-hydrogen) atoms. The van der Waals surface area contributed by atoms with Crippen molar-refractivity contribution in [2.24, 2.45) is 0 Å². The van der Waals surface area contributed by atoms with Crippen LogP contribution in [0.1, 0.15) is 0 Å². The van der Waals surface area contributed by atoms with Crippen LogP contribution in [0.25, 0.3) is 11.4 Å². The smallest absolute Gasteiger partial charge is 0.237 e. The lowest BCUT2D eigenvalue weighted by atomic mass is 10.2. The van der Waals surface area contributed by atoms with E-state index in [-0.39, 0.29) is 0 Å². The quantitative estimate of drug-likeness (QED) is 0.835. The number of imidazole rings is 1. The van der Waals surface area contributed by atoms with Gasteiger partial charge in [-0.15, -0.1) is 0 Å². The van der Waals surface area contributed by atoms with Crippen LogP contribution in [0.15, 0.2) is 29.0 Å². The summed E-state index contributed by atoms with van der Waals surface area (Å²) in [7, 11) is -0.381. The van der Waals surface area contributed by atoms with Crippen molar-refractivity contribution in [3.05, 3.63) is 29.0 Å². The monoisotopic (exact) mass is 360 g/mol. The normalized spacial score (nSPS) is 11.4. The molecule has 108 valence electrons. The minimum Gasteiger partial charge on any atom is -0.493 e. The van der Waals surface area contributed by atoms with E-state index in [4.69, 9.17) is 9.47 Å². The van der Waals surface area contributed by atoms with Crippen molar-refractivity contribution in [1.82, 2.24) is 8.96 Å². The molecule has 0 aliphatic rings. The molecular formula is C12H13BrN2O4S. The number of hydrogen-bond acceptors (Lipinski definition) is 5. The number of aromatic nitrogens is 2. The average molecular weight is 361 g/mol. The van der Waals surface area contributed by atoms with E-state index in [1.165, 1.54) is 26.6 Å². The van der Waals surface area contributed by atoms with Crippen LogP contribution in [0.2, 0.25) is 0 Å². The van der Waals surface area contributed by atoms with E-state index < -0.39 is 10.0 Å². The summed E-state index contributed by atoms with van der Waals surface area (Å²) in [6.07, 6.45) is 3.95. The maximum absolute atomic E-state index is 11.7. The van der Waals surface area contributed by atoms with Crippen LogP contribution in [0, 0.1) is 0 Å². The number of halogens is 1. The molecule has 0 atom stereocenters. The highest BCUT2D eigenvalue weighted by Crippen LogP contribution is 2.39. The fourth-order valence-electron chi connectivity index (χ4n) is 1.81. The van der Waals surface area contributed by atoms with Crippen molar-refractivity contribution in [2.45, 2.75) is 0 Å². The minimum atomic E-state index is -3.42. The van der Waals surface area contributed by atoms with E-state index in [0.29, 0.717) is 27.4 Å². The van der Waals surface area contributed by atoms with Gasteiger partial charge in [0.05, 0.1) is 24.9 Å². The van der Waals surface area contributed by atoms with E-state index in [9.17, 15) is 8.42 Å². The summed E-state index contributed by atoms with van der Waals surface area (Å²) in [6, 6.07) is 3.40. The lowest BCUT2D eigenvalue weighted by molar-refractivity contribution is 0.353. The van der Waals surface area contributed by atoms with Gasteiger partial charge in [-0.25, -0.2) is 17.4 Å². The second-order valence-electron chi connectivity index (χ2n) is 4.00. The van der Waals surface area contributed by atoms with E-state index in [2.05, 4.69) is 20.9 Å². The van der Waals surface area contributed by atoms with Gasteiger partial charge in [0.25, 0.3) is 0 Å². The molecule has 2 aromatic rings. The predicted molar refractivity (Wildman–Crippen MR) is 78.7 cm³/mol. The molecular weight excluding hydrogens is 348 g/mol. The first-order chi connectivity index (χ1) is 9.38. The molecule has 8 heteroatoms. The Labute approximate surface area is 125 Å². The Morgan fingerprint density at radius 2 is 1.95 bits per heavy atom. The van der Waals surface area contributed by atoms with Crippen LogP contribution in [-0.4, -0.2) is 37.8 Å². The first-order valence-corrected chi connectivity index (χ1v) is 8.18. The van der Waals surface area contributed by atoms with Crippen molar-refractivity contribution >= 4 is 26.0 Å². The summed E-state index contributed by atoms with van der Waals surface area (Å²) in [5.74, 6) is 1.34. The van der Waals surface area contributed by atoms with Gasteiger partial charge in [0.2, 0.25) is 10.0 Å². The summed E-state index contributed by atoms with van der Waals surface area (Å²) in [5, 5.41) is 0. The van der Waals surface area contributed by atoms with Crippen molar-refractivity contribution in [1.29, 1.82) is 0 Å². The Bertz CT molecular complexity index is 740. The van der Waals surface area contributed by atoms with Crippen LogP contribution < -0.4 is 9.47 Å². The van der Waals surface area contributed by atoms with Gasteiger partial charge in [-0.3, -0.25) is 0 Å². The summed E-state index contributed by atoms with van der Waals surface area (Å²) >= 11 is 3.37. The highest BCUT2D eigenvalue weighted by atomic mass is 79.9. The number of rotatable bonds is 4. The zero-order chi connectivity index (χ0) is 14.9. The van der Waals surface area contributed by atoms with Crippen molar-refractivity contribution < 1.29 is 17.9 Å². The number of nitrogens with zero attached hydrogens (tertiary/aromatic N) is 2. The predicted octanol–water partition coefficient (Wildman–Crippen LogP) is 2.14. The second-order valence-corrected chi connectivity index (χ2v) is 6.72. The number of benzene rings is 1. The van der Waals surface area contributed by atoms with Gasteiger partial charge in [-0.1, -0.05) is 0 Å². The van der Waals surface area contributed by atoms with E-state index >= 15 is 0 Å². The number of methoxy groups -OCH3 is 2. The molecule has 6 nitrogen and oxygen atoms in total. The summed E-state index contributed by atoms with van der Waals surface area (Å²) in [6.45, 7) is 0. The average Bonchev–Trinajstić information content (AvgIpc) is 2.86. The third-order valence-electron chi connectivity index (χ3n) is 2.66. The SMILES string of the molecule is COc1cc(-c2nccn2S(C)(=O)=O)cc(Br)c1OC. The number of hydrogen-bond donors (Lipinski definition) is 0. The molecule has 2 rings (SSSR count). The lowest BCUT2D eigenvalue weighted by Gasteiger charge is -2.12. The maximum atomic E-state index is 11.7. The minimum absolute atomic E-state index is 0.314. The van der Waals surface area contributed by atoms with Crippen LogP contribution in [0.5, 0.6) is 11.5 Å². The highest BCUT2D eigenvalue weighted by molar-refractivity contribution is 9.10. The standard InChI is InChI=1S/C12H13BrN2O4S/c1-18-10-7-8(6-9(13)11(10)19-2)12-14-4-5-15(12)20(3,16)17/h4-7H,1-3H3. The third-order valence-corrected chi connectivity index (χ3v) is 4.25. The van der Waals surface area contributed by atoms with Crippen LogP contribution in [-0.2, 0) is 10.0 Å². The number of ether oxygens (including phenoxy) is 2. The van der Waals surface area contributed by atoms with Crippen molar-refractivity contribution in [3.8, 4) is 22.9 Å². The molecule has 0 unspecified atom stereocenters. The second kappa shape index (κ2) is 5.45. The summed E-state index contributed by atoms with van der Waals surface area (Å²) in [4.78, 5) is 4.09. The first kappa shape index (κ1) is 14.9. The molecule has 0 spiro atoms. The van der Waals surface area contributed by atoms with E-state index in [1.807, 2.05) is 0 Å². The van der Waals surface area contributed by atoms with Gasteiger partial charge in [0, 0.05) is 18.0 Å². The summed E-state index contributed by atoms with van der Waals surface area (Å²) < 4.78 is 35.6. The van der Waals surface area contributed by atoms with E-state index in [0.717, 1.165) is 10.2 Å². The largest absolute Gasteiger partial charge is 0.493 e. The molecule has 0 fully saturated rings. The fourth-order valence-corrected chi connectivity index (χ4v) is 3.15. The molecule has 0 bridgehead atoms. The Kier molecular flexibility index (Phi) is 4.05. The molecule has 0 aliphatic heterocycles. The first-order valence-electron chi connectivity index (χ1n) is 5.54. The Morgan fingerprint density at radius 1 is 1.25 bits per heavy atom. The molecule has 1 aromatic carbocycles. The molecule has 0 saturated heterocycles. The lowest BCUT2D eigenvalue weighted by Crippen LogP contribution is -2.10. The third kappa shape index (κ3) is 2.66. The highest BCUT2D eigenvalue weighted by Gasteiger charge is 2.17. The van der Waals surface area contributed by atoms with Crippen LogP contribution >= 0.6 is 15.9 Å². The topological polar surface area (TPSA) is 70.4 Å². The Hall–Kier alpha value is -1.54. The molecule has 0 N–H and O–H groups in total. The van der Waals surface area contributed by atoms with Gasteiger partial charge in [0.15, 0.2) is 17.3 Å². The van der Waals surface area contributed by atoms with Crippen molar-refractivity contribution in [3.63, 3.8) is 0 Å². The molecule has 1 heterocycles. The van der Waals surface area contributed by atoms with Gasteiger partial charge in [-0.2, -0.15) is 0 Å². The van der Waals surface area contributed by atoms with Gasteiger partial charge in [-0.05, 0) is 28.1 Å². The summed E-state index contributed by atoms with van der Waals surface area (Å²) in [5.41, 5.74) is 0.602.